The Morgan fingerprint density at radius 1 is 1.04 bits per heavy atom. The number of allylic oxidation sites excluding steroid dienone is 1. The zero-order valence-electron chi connectivity index (χ0n) is 13.7. The summed E-state index contributed by atoms with van der Waals surface area (Å²) in [6, 6.07) is 10.2. The Balaban J connectivity index is 1.54. The van der Waals surface area contributed by atoms with Gasteiger partial charge in [-0.2, -0.15) is 0 Å². The second-order valence-corrected chi connectivity index (χ2v) is 6.06. The highest BCUT2D eigenvalue weighted by Gasteiger charge is 2.04. The Bertz CT molecular complexity index is 661. The van der Waals surface area contributed by atoms with Crippen LogP contribution < -0.4 is 10.6 Å². The quantitative estimate of drug-likeness (QED) is 0.750. The third-order valence-electron chi connectivity index (χ3n) is 4.13. The molecule has 1 aliphatic carbocycles. The van der Waals surface area contributed by atoms with Crippen molar-refractivity contribution in [2.24, 2.45) is 0 Å². The van der Waals surface area contributed by atoms with Gasteiger partial charge in [-0.3, -0.25) is 0 Å². The van der Waals surface area contributed by atoms with Gasteiger partial charge < -0.3 is 10.6 Å². The lowest BCUT2D eigenvalue weighted by Gasteiger charge is -2.13. The molecule has 1 aromatic carbocycles. The first kappa shape index (κ1) is 15.5. The standard InChI is InChI=1S/C19H24N4/c1-15-7-9-17(10-8-15)23-19-13-18(21-14-22-19)20-12-11-16-5-3-2-4-6-16/h5,7-10,13-14H,2-4,6,11-12H2,1H3,(H2,20,21,22,23). The molecule has 0 fully saturated rings. The predicted molar refractivity (Wildman–Crippen MR) is 96.2 cm³/mol. The molecule has 2 aromatic rings. The third-order valence-corrected chi connectivity index (χ3v) is 4.13. The van der Waals surface area contributed by atoms with Crippen molar-refractivity contribution in [3.8, 4) is 0 Å². The van der Waals surface area contributed by atoms with E-state index in [1.165, 1.54) is 31.2 Å². The van der Waals surface area contributed by atoms with E-state index in [-0.39, 0.29) is 0 Å². The van der Waals surface area contributed by atoms with E-state index in [0.29, 0.717) is 0 Å². The van der Waals surface area contributed by atoms with Crippen LogP contribution >= 0.6 is 0 Å². The Morgan fingerprint density at radius 2 is 1.87 bits per heavy atom. The van der Waals surface area contributed by atoms with Crippen molar-refractivity contribution >= 4 is 17.3 Å². The Hall–Kier alpha value is -2.36. The zero-order chi connectivity index (χ0) is 15.9. The van der Waals surface area contributed by atoms with Gasteiger partial charge in [0.05, 0.1) is 0 Å². The van der Waals surface area contributed by atoms with Crippen molar-refractivity contribution in [2.45, 2.75) is 39.0 Å². The number of aryl methyl sites for hydroxylation is 1. The summed E-state index contributed by atoms with van der Waals surface area (Å²) in [5.41, 5.74) is 3.86. The molecule has 3 rings (SSSR count). The number of hydrogen-bond acceptors (Lipinski definition) is 4. The SMILES string of the molecule is Cc1ccc(Nc2cc(NCCC3=CCCCC3)ncn2)cc1. The first-order chi connectivity index (χ1) is 11.3. The normalized spacial score (nSPS) is 14.2. The summed E-state index contributed by atoms with van der Waals surface area (Å²) in [4.78, 5) is 8.58. The molecule has 4 nitrogen and oxygen atoms in total. The van der Waals surface area contributed by atoms with E-state index in [0.717, 1.165) is 30.3 Å². The van der Waals surface area contributed by atoms with Gasteiger partial charge in [-0.1, -0.05) is 29.3 Å². The van der Waals surface area contributed by atoms with Gasteiger partial charge in [-0.15, -0.1) is 0 Å². The fourth-order valence-corrected chi connectivity index (χ4v) is 2.79. The monoisotopic (exact) mass is 308 g/mol. The van der Waals surface area contributed by atoms with E-state index >= 15 is 0 Å². The van der Waals surface area contributed by atoms with Crippen LogP contribution in [-0.2, 0) is 0 Å². The molecule has 1 heterocycles. The molecule has 0 radical (unpaired) electrons. The minimum atomic E-state index is 0.809. The Morgan fingerprint density at radius 3 is 2.65 bits per heavy atom. The maximum Gasteiger partial charge on any atom is 0.135 e. The van der Waals surface area contributed by atoms with Crippen molar-refractivity contribution in [3.63, 3.8) is 0 Å². The minimum absolute atomic E-state index is 0.809. The van der Waals surface area contributed by atoms with Crippen LogP contribution in [0.25, 0.3) is 0 Å². The van der Waals surface area contributed by atoms with Crippen LogP contribution in [0, 0.1) is 6.92 Å². The average molecular weight is 308 g/mol. The molecule has 23 heavy (non-hydrogen) atoms. The van der Waals surface area contributed by atoms with Crippen molar-refractivity contribution in [2.75, 3.05) is 17.2 Å². The molecular formula is C19H24N4. The summed E-state index contributed by atoms with van der Waals surface area (Å²) < 4.78 is 0. The molecule has 1 aromatic heterocycles. The van der Waals surface area contributed by atoms with Gasteiger partial charge in [0.1, 0.15) is 18.0 Å². The van der Waals surface area contributed by atoms with Gasteiger partial charge in [0.15, 0.2) is 0 Å². The number of hydrogen-bond donors (Lipinski definition) is 2. The van der Waals surface area contributed by atoms with Gasteiger partial charge in [-0.05, 0) is 51.2 Å². The number of rotatable bonds is 6. The minimum Gasteiger partial charge on any atom is -0.370 e. The maximum absolute atomic E-state index is 4.30. The number of nitrogens with one attached hydrogen (secondary N) is 2. The lowest BCUT2D eigenvalue weighted by molar-refractivity contribution is 0.679. The van der Waals surface area contributed by atoms with Gasteiger partial charge in [0, 0.05) is 18.3 Å². The summed E-state index contributed by atoms with van der Waals surface area (Å²) in [5, 5.41) is 6.70. The topological polar surface area (TPSA) is 49.8 Å². The summed E-state index contributed by atoms with van der Waals surface area (Å²) >= 11 is 0. The van der Waals surface area contributed by atoms with Crippen LogP contribution in [0.1, 0.15) is 37.7 Å². The lowest BCUT2D eigenvalue weighted by Crippen LogP contribution is -2.06. The van der Waals surface area contributed by atoms with Crippen molar-refractivity contribution in [3.05, 3.63) is 53.9 Å². The van der Waals surface area contributed by atoms with E-state index in [1.807, 2.05) is 6.07 Å². The molecule has 2 N–H and O–H groups in total. The fourth-order valence-electron chi connectivity index (χ4n) is 2.79. The molecule has 0 bridgehead atoms. The van der Waals surface area contributed by atoms with E-state index in [1.54, 1.807) is 11.9 Å². The van der Waals surface area contributed by atoms with Crippen LogP contribution in [0.4, 0.5) is 17.3 Å². The highest BCUT2D eigenvalue weighted by Crippen LogP contribution is 2.20. The summed E-state index contributed by atoms with van der Waals surface area (Å²) in [7, 11) is 0. The number of nitrogens with zero attached hydrogens (tertiary/aromatic N) is 2. The smallest absolute Gasteiger partial charge is 0.135 e. The van der Waals surface area contributed by atoms with Crippen molar-refractivity contribution in [1.82, 2.24) is 9.97 Å². The molecule has 0 saturated carbocycles. The van der Waals surface area contributed by atoms with Gasteiger partial charge >= 0.3 is 0 Å². The average Bonchev–Trinajstić information content (AvgIpc) is 2.58. The molecule has 0 spiro atoms. The van der Waals surface area contributed by atoms with Crippen LogP contribution in [0.15, 0.2) is 48.3 Å². The summed E-state index contributed by atoms with van der Waals surface area (Å²) in [6.07, 6.45) is 10.3. The van der Waals surface area contributed by atoms with E-state index in [2.05, 4.69) is 57.9 Å². The zero-order valence-corrected chi connectivity index (χ0v) is 13.7. The number of anilines is 3. The highest BCUT2D eigenvalue weighted by atomic mass is 15.1. The van der Waals surface area contributed by atoms with Gasteiger partial charge in [-0.25, -0.2) is 9.97 Å². The molecule has 0 aliphatic heterocycles. The second-order valence-electron chi connectivity index (χ2n) is 6.06. The lowest BCUT2D eigenvalue weighted by atomic mass is 9.97. The molecule has 1 aliphatic rings. The van der Waals surface area contributed by atoms with Gasteiger partial charge in [0.25, 0.3) is 0 Å². The molecule has 4 heteroatoms. The molecule has 0 unspecified atom stereocenters. The van der Waals surface area contributed by atoms with Crippen molar-refractivity contribution in [1.29, 1.82) is 0 Å². The van der Waals surface area contributed by atoms with Crippen LogP contribution in [0.3, 0.4) is 0 Å². The van der Waals surface area contributed by atoms with E-state index < -0.39 is 0 Å². The first-order valence-corrected chi connectivity index (χ1v) is 8.37. The first-order valence-electron chi connectivity index (χ1n) is 8.37. The van der Waals surface area contributed by atoms with Crippen LogP contribution in [0.5, 0.6) is 0 Å². The van der Waals surface area contributed by atoms with Gasteiger partial charge in [0.2, 0.25) is 0 Å². The second kappa shape index (κ2) is 7.77. The maximum atomic E-state index is 4.30. The molecule has 120 valence electrons. The summed E-state index contributed by atoms with van der Waals surface area (Å²) in [6.45, 7) is 3.01. The van der Waals surface area contributed by atoms with E-state index in [9.17, 15) is 0 Å². The largest absolute Gasteiger partial charge is 0.370 e. The molecular weight excluding hydrogens is 284 g/mol. The summed E-state index contributed by atoms with van der Waals surface area (Å²) in [5.74, 6) is 1.68. The highest BCUT2D eigenvalue weighted by molar-refractivity contribution is 5.59. The number of benzene rings is 1. The molecule has 0 amide bonds. The van der Waals surface area contributed by atoms with Crippen LogP contribution in [0.2, 0.25) is 0 Å². The Labute approximate surface area is 138 Å². The van der Waals surface area contributed by atoms with Crippen molar-refractivity contribution < 1.29 is 0 Å². The fraction of sp³-hybridized carbons (Fsp3) is 0.368. The molecule has 0 atom stereocenters. The number of aromatic nitrogens is 2. The van der Waals surface area contributed by atoms with E-state index in [4.69, 9.17) is 0 Å². The predicted octanol–water partition coefficient (Wildman–Crippen LogP) is 4.83. The molecule has 0 saturated heterocycles. The van der Waals surface area contributed by atoms with Crippen LogP contribution in [-0.4, -0.2) is 16.5 Å². The Kier molecular flexibility index (Phi) is 5.25. The third kappa shape index (κ3) is 4.81.